The number of rotatable bonds is 4. The molecule has 0 spiro atoms. The lowest BCUT2D eigenvalue weighted by atomic mass is 10.3. The van der Waals surface area contributed by atoms with Gasteiger partial charge in [0.15, 0.2) is 5.82 Å². The average Bonchev–Trinajstić information content (AvgIpc) is 3.01. The molecular weight excluding hydrogens is 190 g/mol. The summed E-state index contributed by atoms with van der Waals surface area (Å²) in [5.41, 5.74) is 5.93. The standard InChI is InChI=1S/C10H15N5/c1-15(6-7-2-3-7)10-8(9(11)12)13-4-5-14-10/h4-5,7H,2-3,6H2,1H3,(H3,11,12). The highest BCUT2D eigenvalue weighted by molar-refractivity contribution is 5.97. The van der Waals surface area contributed by atoms with Crippen molar-refractivity contribution in [2.24, 2.45) is 11.7 Å². The van der Waals surface area contributed by atoms with E-state index >= 15 is 0 Å². The van der Waals surface area contributed by atoms with Crippen LogP contribution in [0, 0.1) is 11.3 Å². The molecule has 0 saturated heterocycles. The maximum Gasteiger partial charge on any atom is 0.158 e. The van der Waals surface area contributed by atoms with E-state index in [9.17, 15) is 0 Å². The Bertz CT molecular complexity index is 372. The third-order valence-electron chi connectivity index (χ3n) is 2.52. The molecule has 5 heteroatoms. The summed E-state index contributed by atoms with van der Waals surface area (Å²) in [6.45, 7) is 0.971. The minimum Gasteiger partial charge on any atom is -0.382 e. The first-order valence-corrected chi connectivity index (χ1v) is 5.05. The van der Waals surface area contributed by atoms with Crippen molar-refractivity contribution in [3.05, 3.63) is 18.1 Å². The van der Waals surface area contributed by atoms with E-state index in [1.165, 1.54) is 12.8 Å². The van der Waals surface area contributed by atoms with Crippen LogP contribution in [0.4, 0.5) is 5.82 Å². The Morgan fingerprint density at radius 2 is 2.20 bits per heavy atom. The summed E-state index contributed by atoms with van der Waals surface area (Å²) in [5, 5.41) is 7.42. The van der Waals surface area contributed by atoms with Crippen LogP contribution in [0.2, 0.25) is 0 Å². The monoisotopic (exact) mass is 205 g/mol. The molecule has 1 saturated carbocycles. The van der Waals surface area contributed by atoms with Gasteiger partial charge in [0.1, 0.15) is 11.5 Å². The lowest BCUT2D eigenvalue weighted by Gasteiger charge is -2.19. The quantitative estimate of drug-likeness (QED) is 0.557. The van der Waals surface area contributed by atoms with Crippen molar-refractivity contribution in [1.29, 1.82) is 5.41 Å². The fraction of sp³-hybridized carbons (Fsp3) is 0.500. The van der Waals surface area contributed by atoms with Crippen LogP contribution in [0.5, 0.6) is 0 Å². The molecule has 5 nitrogen and oxygen atoms in total. The lowest BCUT2D eigenvalue weighted by Crippen LogP contribution is -2.26. The second kappa shape index (κ2) is 3.84. The molecule has 0 atom stereocenters. The van der Waals surface area contributed by atoms with E-state index in [1.807, 2.05) is 11.9 Å². The maximum absolute atomic E-state index is 7.42. The number of anilines is 1. The average molecular weight is 205 g/mol. The number of amidine groups is 1. The van der Waals surface area contributed by atoms with E-state index in [0.717, 1.165) is 12.5 Å². The third-order valence-corrected chi connectivity index (χ3v) is 2.52. The summed E-state index contributed by atoms with van der Waals surface area (Å²) in [6.07, 6.45) is 5.77. The molecule has 0 amide bonds. The van der Waals surface area contributed by atoms with Crippen molar-refractivity contribution in [3.63, 3.8) is 0 Å². The molecular formula is C10H15N5. The molecule has 0 bridgehead atoms. The molecule has 0 aromatic carbocycles. The number of nitrogen functional groups attached to an aromatic ring is 1. The molecule has 3 N–H and O–H groups in total. The van der Waals surface area contributed by atoms with Crippen molar-refractivity contribution < 1.29 is 0 Å². The van der Waals surface area contributed by atoms with Crippen molar-refractivity contribution >= 4 is 11.7 Å². The maximum atomic E-state index is 7.42. The molecule has 0 unspecified atom stereocenters. The van der Waals surface area contributed by atoms with Crippen LogP contribution >= 0.6 is 0 Å². The van der Waals surface area contributed by atoms with Crippen LogP contribution in [0.1, 0.15) is 18.5 Å². The van der Waals surface area contributed by atoms with Crippen molar-refractivity contribution in [3.8, 4) is 0 Å². The van der Waals surface area contributed by atoms with Gasteiger partial charge in [0.25, 0.3) is 0 Å². The fourth-order valence-corrected chi connectivity index (χ4v) is 1.57. The Morgan fingerprint density at radius 1 is 1.53 bits per heavy atom. The molecule has 1 fully saturated rings. The van der Waals surface area contributed by atoms with Crippen LogP contribution in [-0.2, 0) is 0 Å². The summed E-state index contributed by atoms with van der Waals surface area (Å²) in [7, 11) is 1.97. The molecule has 0 aliphatic heterocycles. The Balaban J connectivity index is 2.20. The predicted octanol–water partition coefficient (Wildman–Crippen LogP) is 0.607. The molecule has 15 heavy (non-hydrogen) atoms. The van der Waals surface area contributed by atoms with Gasteiger partial charge in [-0.05, 0) is 18.8 Å². The summed E-state index contributed by atoms with van der Waals surface area (Å²) in [6, 6.07) is 0. The molecule has 1 heterocycles. The highest BCUT2D eigenvalue weighted by Gasteiger charge is 2.24. The normalized spacial score (nSPS) is 15.0. The number of nitrogens with one attached hydrogen (secondary N) is 1. The zero-order valence-electron chi connectivity index (χ0n) is 8.77. The van der Waals surface area contributed by atoms with E-state index in [1.54, 1.807) is 12.4 Å². The van der Waals surface area contributed by atoms with E-state index in [4.69, 9.17) is 11.1 Å². The summed E-state index contributed by atoms with van der Waals surface area (Å²) < 4.78 is 0. The smallest absolute Gasteiger partial charge is 0.158 e. The first-order valence-electron chi connectivity index (χ1n) is 5.05. The van der Waals surface area contributed by atoms with Crippen LogP contribution in [0.3, 0.4) is 0 Å². The van der Waals surface area contributed by atoms with E-state index in [-0.39, 0.29) is 5.84 Å². The van der Waals surface area contributed by atoms with Gasteiger partial charge in [-0.15, -0.1) is 0 Å². The van der Waals surface area contributed by atoms with E-state index in [0.29, 0.717) is 11.5 Å². The number of hydrogen-bond donors (Lipinski definition) is 2. The van der Waals surface area contributed by atoms with Gasteiger partial charge in [0.05, 0.1) is 0 Å². The van der Waals surface area contributed by atoms with Crippen molar-refractivity contribution in [2.75, 3.05) is 18.5 Å². The summed E-state index contributed by atoms with van der Waals surface area (Å²) >= 11 is 0. The van der Waals surface area contributed by atoms with E-state index < -0.39 is 0 Å². The van der Waals surface area contributed by atoms with Gasteiger partial charge in [0.2, 0.25) is 0 Å². The van der Waals surface area contributed by atoms with Crippen LogP contribution in [0.15, 0.2) is 12.4 Å². The van der Waals surface area contributed by atoms with Gasteiger partial charge in [0, 0.05) is 26.0 Å². The largest absolute Gasteiger partial charge is 0.382 e. The molecule has 1 aromatic rings. The first-order chi connectivity index (χ1) is 7.18. The summed E-state index contributed by atoms with van der Waals surface area (Å²) in [5.74, 6) is 1.45. The van der Waals surface area contributed by atoms with Gasteiger partial charge >= 0.3 is 0 Å². The number of hydrogen-bond acceptors (Lipinski definition) is 4. The zero-order valence-corrected chi connectivity index (χ0v) is 8.77. The molecule has 0 radical (unpaired) electrons. The molecule has 1 aliphatic carbocycles. The summed E-state index contributed by atoms with van der Waals surface area (Å²) in [4.78, 5) is 10.3. The second-order valence-electron chi connectivity index (χ2n) is 3.97. The predicted molar refractivity (Wildman–Crippen MR) is 59.0 cm³/mol. The van der Waals surface area contributed by atoms with Crippen LogP contribution < -0.4 is 10.6 Å². The molecule has 1 aliphatic rings. The highest BCUT2D eigenvalue weighted by atomic mass is 15.2. The van der Waals surface area contributed by atoms with Crippen molar-refractivity contribution in [1.82, 2.24) is 9.97 Å². The Hall–Kier alpha value is -1.65. The number of aromatic nitrogens is 2. The zero-order chi connectivity index (χ0) is 10.8. The molecule has 1 aromatic heterocycles. The van der Waals surface area contributed by atoms with Gasteiger partial charge in [-0.2, -0.15) is 0 Å². The third kappa shape index (κ3) is 2.23. The van der Waals surface area contributed by atoms with Gasteiger partial charge in [-0.3, -0.25) is 5.41 Å². The lowest BCUT2D eigenvalue weighted by molar-refractivity contribution is 0.773. The van der Waals surface area contributed by atoms with Gasteiger partial charge < -0.3 is 10.6 Å². The number of nitrogens with zero attached hydrogens (tertiary/aromatic N) is 3. The minimum atomic E-state index is -0.0271. The second-order valence-corrected chi connectivity index (χ2v) is 3.97. The highest BCUT2D eigenvalue weighted by Crippen LogP contribution is 2.30. The first kappa shape index (κ1) is 9.89. The van der Waals surface area contributed by atoms with E-state index in [2.05, 4.69) is 9.97 Å². The molecule has 2 rings (SSSR count). The Morgan fingerprint density at radius 3 is 2.80 bits per heavy atom. The van der Waals surface area contributed by atoms with Crippen LogP contribution in [0.25, 0.3) is 0 Å². The molecule has 80 valence electrons. The van der Waals surface area contributed by atoms with Crippen molar-refractivity contribution in [2.45, 2.75) is 12.8 Å². The SMILES string of the molecule is CN(CC1CC1)c1nccnc1C(=N)N. The topological polar surface area (TPSA) is 78.9 Å². The number of nitrogens with two attached hydrogens (primary N) is 1. The Kier molecular flexibility index (Phi) is 2.53. The fourth-order valence-electron chi connectivity index (χ4n) is 1.57. The Labute approximate surface area is 88.8 Å². The van der Waals surface area contributed by atoms with Crippen LogP contribution in [-0.4, -0.2) is 29.4 Å². The minimum absolute atomic E-state index is 0.0271. The van der Waals surface area contributed by atoms with Gasteiger partial charge in [-0.1, -0.05) is 0 Å². The van der Waals surface area contributed by atoms with Gasteiger partial charge in [-0.25, -0.2) is 9.97 Å².